The molecule has 1 atom stereocenters. The van der Waals surface area contributed by atoms with E-state index < -0.39 is 0 Å². The first kappa shape index (κ1) is 9.41. The highest BCUT2D eigenvalue weighted by molar-refractivity contribution is 5.82. The topological polar surface area (TPSA) is 26.3 Å². The zero-order chi connectivity index (χ0) is 9.80. The lowest BCUT2D eigenvalue weighted by molar-refractivity contribution is -0.130. The van der Waals surface area contributed by atoms with Gasteiger partial charge in [0.15, 0.2) is 0 Å². The maximum Gasteiger partial charge on any atom is 0.140 e. The second-order valence-corrected chi connectivity index (χ2v) is 3.68. The molecule has 1 heterocycles. The van der Waals surface area contributed by atoms with Crippen molar-refractivity contribution in [3.63, 3.8) is 0 Å². The van der Waals surface area contributed by atoms with Crippen LogP contribution in [0.15, 0.2) is 30.3 Å². The number of hydrogen-bond acceptors (Lipinski definition) is 2. The van der Waals surface area contributed by atoms with Crippen LogP contribution < -0.4 is 0 Å². The number of carbonyl (C=O) groups excluding carboxylic acids is 1. The van der Waals surface area contributed by atoms with Crippen LogP contribution >= 0.6 is 0 Å². The van der Waals surface area contributed by atoms with Gasteiger partial charge in [0.25, 0.3) is 0 Å². The molecule has 2 nitrogen and oxygen atoms in total. The third-order valence-electron chi connectivity index (χ3n) is 2.59. The molecule has 0 bridgehead atoms. The molecule has 1 aliphatic rings. The van der Waals surface area contributed by atoms with Crippen LogP contribution in [0.25, 0.3) is 0 Å². The molecular weight excluding hydrogens is 176 g/mol. The van der Waals surface area contributed by atoms with Crippen LogP contribution in [0.1, 0.15) is 12.0 Å². The Bertz CT molecular complexity index is 305. The predicted molar refractivity (Wildman–Crippen MR) is 54.1 cm³/mol. The molecule has 74 valence electrons. The summed E-state index contributed by atoms with van der Waals surface area (Å²) in [6.07, 6.45) is 1.40. The summed E-state index contributed by atoms with van der Waals surface area (Å²) in [5, 5.41) is 0. The van der Waals surface area contributed by atoms with Crippen molar-refractivity contribution < 1.29 is 9.53 Å². The molecule has 0 saturated carbocycles. The molecule has 1 saturated heterocycles. The van der Waals surface area contributed by atoms with Crippen molar-refractivity contribution in [2.75, 3.05) is 13.2 Å². The summed E-state index contributed by atoms with van der Waals surface area (Å²) >= 11 is 0. The number of benzene rings is 1. The number of hydrogen-bond donors (Lipinski definition) is 0. The summed E-state index contributed by atoms with van der Waals surface area (Å²) in [6, 6.07) is 10.1. The highest BCUT2D eigenvalue weighted by Crippen LogP contribution is 2.15. The Morgan fingerprint density at radius 2 is 2.07 bits per heavy atom. The van der Waals surface area contributed by atoms with Gasteiger partial charge in [0.05, 0.1) is 13.2 Å². The fourth-order valence-corrected chi connectivity index (χ4v) is 1.77. The quantitative estimate of drug-likeness (QED) is 0.711. The van der Waals surface area contributed by atoms with Gasteiger partial charge in [0.1, 0.15) is 5.78 Å². The normalized spacial score (nSPS) is 22.3. The van der Waals surface area contributed by atoms with E-state index in [1.165, 1.54) is 5.56 Å². The maximum absolute atomic E-state index is 11.5. The van der Waals surface area contributed by atoms with Crippen LogP contribution in [0.3, 0.4) is 0 Å². The highest BCUT2D eigenvalue weighted by atomic mass is 16.5. The van der Waals surface area contributed by atoms with Crippen LogP contribution in [-0.4, -0.2) is 19.0 Å². The van der Waals surface area contributed by atoms with Crippen LogP contribution in [0.2, 0.25) is 0 Å². The molecule has 1 aromatic rings. The van der Waals surface area contributed by atoms with E-state index in [0.717, 1.165) is 6.42 Å². The number of rotatable bonds is 2. The molecule has 0 amide bonds. The molecule has 1 unspecified atom stereocenters. The summed E-state index contributed by atoms with van der Waals surface area (Å²) in [4.78, 5) is 11.5. The van der Waals surface area contributed by atoms with Gasteiger partial charge in [-0.3, -0.25) is 4.79 Å². The molecule has 0 aromatic heterocycles. The zero-order valence-electron chi connectivity index (χ0n) is 8.11. The molecule has 14 heavy (non-hydrogen) atoms. The Morgan fingerprint density at radius 3 is 2.79 bits per heavy atom. The predicted octanol–water partition coefficient (Wildman–Crippen LogP) is 1.83. The number of ether oxygens (including phenoxy) is 1. The Hall–Kier alpha value is -1.15. The van der Waals surface area contributed by atoms with Gasteiger partial charge in [-0.1, -0.05) is 30.3 Å². The third-order valence-corrected chi connectivity index (χ3v) is 2.59. The zero-order valence-corrected chi connectivity index (χ0v) is 8.11. The van der Waals surface area contributed by atoms with Crippen molar-refractivity contribution in [2.45, 2.75) is 12.8 Å². The summed E-state index contributed by atoms with van der Waals surface area (Å²) in [7, 11) is 0. The largest absolute Gasteiger partial charge is 0.380 e. The first-order valence-electron chi connectivity index (χ1n) is 5.00. The molecule has 1 aromatic carbocycles. The molecule has 2 rings (SSSR count). The van der Waals surface area contributed by atoms with E-state index in [-0.39, 0.29) is 5.92 Å². The summed E-state index contributed by atoms with van der Waals surface area (Å²) in [6.45, 7) is 1.19. The van der Waals surface area contributed by atoms with Gasteiger partial charge in [-0.15, -0.1) is 0 Å². The van der Waals surface area contributed by atoms with E-state index in [2.05, 4.69) is 12.1 Å². The van der Waals surface area contributed by atoms with Crippen molar-refractivity contribution in [1.82, 2.24) is 0 Å². The third kappa shape index (κ3) is 2.20. The molecule has 2 heteroatoms. The molecule has 0 radical (unpaired) electrons. The van der Waals surface area contributed by atoms with E-state index in [4.69, 9.17) is 4.74 Å². The molecule has 0 spiro atoms. The number of ketones is 1. The smallest absolute Gasteiger partial charge is 0.140 e. The lowest BCUT2D eigenvalue weighted by atomic mass is 9.93. The Labute approximate surface area is 83.9 Å². The minimum absolute atomic E-state index is 0.0751. The standard InChI is InChI=1S/C12H14O2/c13-12-6-7-14-9-11(12)8-10-4-2-1-3-5-10/h1-5,11H,6-9H2. The van der Waals surface area contributed by atoms with Gasteiger partial charge < -0.3 is 4.74 Å². The number of carbonyl (C=O) groups is 1. The molecular formula is C12H14O2. The summed E-state index contributed by atoms with van der Waals surface area (Å²) < 4.78 is 5.30. The monoisotopic (exact) mass is 190 g/mol. The average Bonchev–Trinajstić information content (AvgIpc) is 2.23. The van der Waals surface area contributed by atoms with Gasteiger partial charge in [-0.25, -0.2) is 0 Å². The van der Waals surface area contributed by atoms with Crippen molar-refractivity contribution >= 4 is 5.78 Å². The summed E-state index contributed by atoms with van der Waals surface area (Å²) in [5.74, 6) is 0.422. The Morgan fingerprint density at radius 1 is 1.29 bits per heavy atom. The van der Waals surface area contributed by atoms with Crippen LogP contribution in [-0.2, 0) is 16.0 Å². The van der Waals surface area contributed by atoms with Crippen LogP contribution in [0, 0.1) is 5.92 Å². The fourth-order valence-electron chi connectivity index (χ4n) is 1.77. The van der Waals surface area contributed by atoms with E-state index in [1.54, 1.807) is 0 Å². The van der Waals surface area contributed by atoms with Gasteiger partial charge in [0, 0.05) is 12.3 Å². The van der Waals surface area contributed by atoms with Gasteiger partial charge in [-0.2, -0.15) is 0 Å². The van der Waals surface area contributed by atoms with Gasteiger partial charge in [0.2, 0.25) is 0 Å². The van der Waals surface area contributed by atoms with E-state index in [0.29, 0.717) is 25.4 Å². The van der Waals surface area contributed by atoms with Crippen molar-refractivity contribution in [3.8, 4) is 0 Å². The fraction of sp³-hybridized carbons (Fsp3) is 0.417. The maximum atomic E-state index is 11.5. The minimum atomic E-state index is 0.0751. The Kier molecular flexibility index (Phi) is 2.94. The van der Waals surface area contributed by atoms with E-state index >= 15 is 0 Å². The lowest BCUT2D eigenvalue weighted by Crippen LogP contribution is -2.29. The highest BCUT2D eigenvalue weighted by Gasteiger charge is 2.22. The first-order valence-corrected chi connectivity index (χ1v) is 5.00. The molecule has 0 N–H and O–H groups in total. The Balaban J connectivity index is 2.00. The average molecular weight is 190 g/mol. The van der Waals surface area contributed by atoms with Crippen LogP contribution in [0.4, 0.5) is 0 Å². The summed E-state index contributed by atoms with van der Waals surface area (Å²) in [5.41, 5.74) is 1.22. The van der Waals surface area contributed by atoms with E-state index in [1.807, 2.05) is 18.2 Å². The van der Waals surface area contributed by atoms with Gasteiger partial charge in [-0.05, 0) is 12.0 Å². The molecule has 1 aliphatic heterocycles. The van der Waals surface area contributed by atoms with Crippen LogP contribution in [0.5, 0.6) is 0 Å². The van der Waals surface area contributed by atoms with Crippen molar-refractivity contribution in [3.05, 3.63) is 35.9 Å². The SMILES string of the molecule is O=C1CCOCC1Cc1ccccc1. The number of Topliss-reactive ketones (excluding diaryl/α,β-unsaturated/α-hetero) is 1. The first-order chi connectivity index (χ1) is 6.86. The van der Waals surface area contributed by atoms with Crippen molar-refractivity contribution in [2.24, 2.45) is 5.92 Å². The molecule has 1 fully saturated rings. The minimum Gasteiger partial charge on any atom is -0.380 e. The van der Waals surface area contributed by atoms with Gasteiger partial charge >= 0.3 is 0 Å². The van der Waals surface area contributed by atoms with E-state index in [9.17, 15) is 4.79 Å². The van der Waals surface area contributed by atoms with Crippen molar-refractivity contribution in [1.29, 1.82) is 0 Å². The lowest BCUT2D eigenvalue weighted by Gasteiger charge is -2.20. The second-order valence-electron chi connectivity index (χ2n) is 3.68. The second kappa shape index (κ2) is 4.38. The molecule has 0 aliphatic carbocycles.